The molecule has 2 aromatic heterocycles. The predicted octanol–water partition coefficient (Wildman–Crippen LogP) is 7.48. The van der Waals surface area contributed by atoms with Gasteiger partial charge in [0.05, 0.1) is 6.04 Å². The lowest BCUT2D eigenvalue weighted by Crippen LogP contribution is -2.38. The first kappa shape index (κ1) is 23.8. The van der Waals surface area contributed by atoms with Crippen LogP contribution in [0.5, 0.6) is 0 Å². The van der Waals surface area contributed by atoms with Crippen molar-refractivity contribution in [2.24, 2.45) is 5.92 Å². The van der Waals surface area contributed by atoms with Crippen LogP contribution in [0.15, 0.2) is 140 Å². The molecular formula is C33H27N7. The first-order valence-corrected chi connectivity index (χ1v) is 13.3. The highest BCUT2D eigenvalue weighted by molar-refractivity contribution is 5.78. The van der Waals surface area contributed by atoms with Gasteiger partial charge < -0.3 is 4.90 Å². The van der Waals surface area contributed by atoms with Gasteiger partial charge in [-0.1, -0.05) is 67.6 Å². The summed E-state index contributed by atoms with van der Waals surface area (Å²) in [6, 6.07) is 34.9. The molecule has 2 atom stereocenters. The average Bonchev–Trinajstić information content (AvgIpc) is 3.01. The van der Waals surface area contributed by atoms with Crippen molar-refractivity contribution in [3.8, 4) is 0 Å². The van der Waals surface area contributed by atoms with E-state index in [2.05, 4.69) is 83.5 Å². The minimum atomic E-state index is -0.0118. The summed E-state index contributed by atoms with van der Waals surface area (Å²) in [6.07, 6.45) is 10.0. The van der Waals surface area contributed by atoms with E-state index in [0.717, 1.165) is 40.2 Å². The van der Waals surface area contributed by atoms with E-state index >= 15 is 0 Å². The summed E-state index contributed by atoms with van der Waals surface area (Å²) in [7, 11) is 0. The number of para-hydroxylation sites is 3. The Morgan fingerprint density at radius 3 is 1.62 bits per heavy atom. The molecule has 5 aromatic rings. The summed E-state index contributed by atoms with van der Waals surface area (Å²) in [6.45, 7) is 2.24. The zero-order chi connectivity index (χ0) is 26.9. The fraction of sp³-hybridized carbons (Fsp3) is 0.0909. The van der Waals surface area contributed by atoms with E-state index in [1.54, 1.807) is 12.7 Å². The van der Waals surface area contributed by atoms with E-state index in [-0.39, 0.29) is 12.0 Å². The minimum Gasteiger partial charge on any atom is -0.319 e. The molecule has 7 nitrogen and oxygen atoms in total. The Morgan fingerprint density at radius 2 is 1.02 bits per heavy atom. The largest absolute Gasteiger partial charge is 0.319 e. The highest BCUT2D eigenvalue weighted by Gasteiger charge is 2.31. The highest BCUT2D eigenvalue weighted by atomic mass is 15.3. The van der Waals surface area contributed by atoms with Gasteiger partial charge in [0.2, 0.25) is 0 Å². The highest BCUT2D eigenvalue weighted by Crippen LogP contribution is 2.41. The van der Waals surface area contributed by atoms with Crippen molar-refractivity contribution < 1.29 is 0 Å². The quantitative estimate of drug-likeness (QED) is 0.244. The fourth-order valence-electron chi connectivity index (χ4n) is 5.37. The normalized spacial score (nSPS) is 18.0. The Balaban J connectivity index is 1.53. The number of hydrogen-bond acceptors (Lipinski definition) is 7. The monoisotopic (exact) mass is 521 g/mol. The number of benzene rings is 3. The van der Waals surface area contributed by atoms with E-state index in [1.165, 1.54) is 0 Å². The third-order valence-corrected chi connectivity index (χ3v) is 7.28. The van der Waals surface area contributed by atoms with Crippen LogP contribution in [0.2, 0.25) is 0 Å². The van der Waals surface area contributed by atoms with Crippen molar-refractivity contribution in [1.29, 1.82) is 0 Å². The van der Waals surface area contributed by atoms with Gasteiger partial charge in [-0.05, 0) is 54.5 Å². The Hall–Kier alpha value is -5.30. The second kappa shape index (κ2) is 10.1. The minimum absolute atomic E-state index is 0.0118. The molecule has 0 N–H and O–H groups in total. The van der Waals surface area contributed by atoms with Gasteiger partial charge in [0.1, 0.15) is 35.9 Å². The molecule has 3 aromatic carbocycles. The van der Waals surface area contributed by atoms with Crippen LogP contribution in [0, 0.1) is 5.92 Å². The number of aromatic nitrogens is 4. The zero-order valence-corrected chi connectivity index (χ0v) is 22.0. The number of allylic oxidation sites excluding steroid dienone is 1. The molecule has 0 spiro atoms. The van der Waals surface area contributed by atoms with Crippen LogP contribution in [0.1, 0.15) is 6.92 Å². The molecule has 0 saturated carbocycles. The van der Waals surface area contributed by atoms with Crippen LogP contribution < -0.4 is 14.7 Å². The van der Waals surface area contributed by atoms with Gasteiger partial charge in [0, 0.05) is 34.9 Å². The maximum Gasteiger partial charge on any atom is 0.144 e. The Morgan fingerprint density at radius 1 is 0.550 bits per heavy atom. The second-order valence-corrected chi connectivity index (χ2v) is 9.82. The lowest BCUT2D eigenvalue weighted by atomic mass is 9.92. The molecule has 1 aliphatic heterocycles. The molecule has 40 heavy (non-hydrogen) atoms. The summed E-state index contributed by atoms with van der Waals surface area (Å²) in [5.41, 5.74) is 4.04. The number of hydrogen-bond donors (Lipinski definition) is 0. The topological polar surface area (TPSA) is 61.3 Å². The molecule has 0 radical (unpaired) electrons. The smallest absolute Gasteiger partial charge is 0.144 e. The average molecular weight is 522 g/mol. The van der Waals surface area contributed by atoms with E-state index < -0.39 is 0 Å². The van der Waals surface area contributed by atoms with Gasteiger partial charge in [-0.15, -0.1) is 0 Å². The predicted molar refractivity (Wildman–Crippen MR) is 160 cm³/mol. The molecule has 194 valence electrons. The molecular weight excluding hydrogens is 494 g/mol. The second-order valence-electron chi connectivity index (χ2n) is 9.82. The van der Waals surface area contributed by atoms with Gasteiger partial charge >= 0.3 is 0 Å². The van der Waals surface area contributed by atoms with Gasteiger partial charge in [-0.3, -0.25) is 9.80 Å². The summed E-state index contributed by atoms with van der Waals surface area (Å²) >= 11 is 0. The molecule has 0 saturated heterocycles. The molecule has 1 aliphatic carbocycles. The molecule has 2 aliphatic rings. The Labute approximate surface area is 233 Å². The lowest BCUT2D eigenvalue weighted by Gasteiger charge is -2.38. The number of anilines is 7. The van der Waals surface area contributed by atoms with E-state index in [4.69, 9.17) is 19.9 Å². The van der Waals surface area contributed by atoms with Crippen LogP contribution >= 0.6 is 0 Å². The molecule has 6 bridgehead atoms. The first-order valence-electron chi connectivity index (χ1n) is 13.3. The van der Waals surface area contributed by atoms with Crippen LogP contribution in [0.3, 0.4) is 0 Å². The maximum atomic E-state index is 4.80. The van der Waals surface area contributed by atoms with Crippen molar-refractivity contribution in [3.05, 3.63) is 140 Å². The first-order chi connectivity index (χ1) is 19.8. The third kappa shape index (κ3) is 4.27. The molecule has 0 amide bonds. The summed E-state index contributed by atoms with van der Waals surface area (Å²) < 4.78 is 0. The van der Waals surface area contributed by atoms with Gasteiger partial charge in [-0.25, -0.2) is 19.9 Å². The van der Waals surface area contributed by atoms with Gasteiger partial charge in [-0.2, -0.15) is 0 Å². The molecule has 2 unspecified atom stereocenters. The van der Waals surface area contributed by atoms with Crippen molar-refractivity contribution in [1.82, 2.24) is 19.9 Å². The summed E-state index contributed by atoms with van der Waals surface area (Å²) in [4.78, 5) is 25.6. The molecule has 0 fully saturated rings. The summed E-state index contributed by atoms with van der Waals surface area (Å²) in [5, 5.41) is 0. The third-order valence-electron chi connectivity index (χ3n) is 7.28. The van der Waals surface area contributed by atoms with Crippen LogP contribution in [0.25, 0.3) is 0 Å². The Kier molecular flexibility index (Phi) is 6.01. The molecule has 3 heterocycles. The number of fused-ring (bicyclic) bond motifs is 5. The van der Waals surface area contributed by atoms with Crippen LogP contribution in [-0.2, 0) is 0 Å². The molecule has 7 heteroatoms. The standard InChI is InChI=1S/C33H27N7/c1-24-17-18-28-19-29(24)39(26-13-7-3-8-14-26)31-21-33(37-23-35-31)40(27-15-9-4-10-16-27)32-20-30(34-22-36-32)38(28)25-11-5-2-6-12-25/h2-24,29H,1H3. The number of rotatable bonds is 3. The van der Waals surface area contributed by atoms with E-state index in [9.17, 15) is 0 Å². The Bertz CT molecular complexity index is 1690. The van der Waals surface area contributed by atoms with Crippen molar-refractivity contribution >= 4 is 40.3 Å². The van der Waals surface area contributed by atoms with Crippen LogP contribution in [0.4, 0.5) is 40.3 Å². The van der Waals surface area contributed by atoms with Gasteiger partial charge in [0.15, 0.2) is 0 Å². The fourth-order valence-corrected chi connectivity index (χ4v) is 5.37. The van der Waals surface area contributed by atoms with Crippen molar-refractivity contribution in [2.75, 3.05) is 14.7 Å². The SMILES string of the molecule is CC1C=CC2=CC1N(c1ccccc1)c1cc(ncn1)N(c1ccccc1)c1cc(ncn1)N2c1ccccc1. The lowest BCUT2D eigenvalue weighted by molar-refractivity contribution is 0.600. The molecule has 7 rings (SSSR count). The van der Waals surface area contributed by atoms with Crippen molar-refractivity contribution in [3.63, 3.8) is 0 Å². The zero-order valence-electron chi connectivity index (χ0n) is 22.0. The van der Waals surface area contributed by atoms with Crippen LogP contribution in [-0.4, -0.2) is 26.0 Å². The van der Waals surface area contributed by atoms with E-state index in [0.29, 0.717) is 5.82 Å². The summed E-state index contributed by atoms with van der Waals surface area (Å²) in [5.74, 6) is 3.22. The van der Waals surface area contributed by atoms with Gasteiger partial charge in [0.25, 0.3) is 0 Å². The van der Waals surface area contributed by atoms with Crippen molar-refractivity contribution in [2.45, 2.75) is 13.0 Å². The number of nitrogens with zero attached hydrogens (tertiary/aromatic N) is 7. The maximum absolute atomic E-state index is 4.80. The van der Waals surface area contributed by atoms with E-state index in [1.807, 2.05) is 59.5 Å².